The van der Waals surface area contributed by atoms with E-state index in [1.807, 2.05) is 42.3 Å². The Balaban J connectivity index is 1.08. The average molecular weight is 696 g/mol. The van der Waals surface area contributed by atoms with Gasteiger partial charge in [0.1, 0.15) is 12.1 Å². The Labute approximate surface area is 305 Å². The number of fused-ring (bicyclic) bond motifs is 3. The fourth-order valence-corrected chi connectivity index (χ4v) is 8.71. The predicted octanol–water partition coefficient (Wildman–Crippen LogP) is 7.08. The smallest absolute Gasteiger partial charge is 0.410 e. The van der Waals surface area contributed by atoms with Gasteiger partial charge in [0.05, 0.1) is 30.8 Å². The third kappa shape index (κ3) is 6.12. The van der Waals surface area contributed by atoms with Crippen LogP contribution in [0.4, 0.5) is 4.79 Å². The van der Waals surface area contributed by atoms with Crippen LogP contribution in [0, 0.1) is 11.8 Å². The number of hydrazone groups is 2. The van der Waals surface area contributed by atoms with Gasteiger partial charge in [0, 0.05) is 24.7 Å². The number of esters is 1. The zero-order valence-corrected chi connectivity index (χ0v) is 29.6. The van der Waals surface area contributed by atoms with Crippen molar-refractivity contribution < 1.29 is 19.1 Å². The molecule has 0 aromatic heterocycles. The van der Waals surface area contributed by atoms with Gasteiger partial charge in [-0.15, -0.1) is 0 Å². The van der Waals surface area contributed by atoms with E-state index in [4.69, 9.17) is 19.7 Å². The zero-order chi connectivity index (χ0) is 35.5. The van der Waals surface area contributed by atoms with Crippen molar-refractivity contribution in [3.8, 4) is 0 Å². The number of piperidine rings is 1. The Hall–Kier alpha value is -5.44. The number of benzene rings is 4. The lowest BCUT2D eigenvalue weighted by Crippen LogP contribution is -2.51. The number of carbonyl (C=O) groups excluding carboxylic acids is 2. The highest BCUT2D eigenvalue weighted by Gasteiger charge is 2.54. The SMILES string of the molecule is CCOC(=O)C1C2CCC3=NN(C(c4ccccc4)(c4ccccc4)c4ccccc4)CC3C2=NN1C1CCN(C(=O)OCc2ccccc2)CC1. The number of rotatable bonds is 9. The van der Waals surface area contributed by atoms with Gasteiger partial charge in [0.25, 0.3) is 0 Å². The topological polar surface area (TPSA) is 87.0 Å². The summed E-state index contributed by atoms with van der Waals surface area (Å²) in [6, 6.07) is 41.1. The van der Waals surface area contributed by atoms with Gasteiger partial charge >= 0.3 is 12.1 Å². The minimum absolute atomic E-state index is 0.000575. The van der Waals surface area contributed by atoms with E-state index in [0.717, 1.165) is 46.5 Å². The lowest BCUT2D eigenvalue weighted by molar-refractivity contribution is -0.151. The number of likely N-dealkylation sites (tertiary alicyclic amines) is 1. The first-order valence-corrected chi connectivity index (χ1v) is 18.6. The van der Waals surface area contributed by atoms with Crippen LogP contribution in [0.1, 0.15) is 54.9 Å². The molecule has 1 aliphatic carbocycles. The number of nitrogens with zero attached hydrogens (tertiary/aromatic N) is 5. The quantitative estimate of drug-likeness (QED) is 0.137. The van der Waals surface area contributed by atoms with E-state index in [9.17, 15) is 9.59 Å². The Kier molecular flexibility index (Phi) is 9.50. The van der Waals surface area contributed by atoms with Crippen molar-refractivity contribution in [3.63, 3.8) is 0 Å². The summed E-state index contributed by atoms with van der Waals surface area (Å²) in [4.78, 5) is 28.5. The number of hydrogen-bond acceptors (Lipinski definition) is 8. The molecule has 0 spiro atoms. The Bertz CT molecular complexity index is 1820. The summed E-state index contributed by atoms with van der Waals surface area (Å²) < 4.78 is 11.3. The lowest BCUT2D eigenvalue weighted by atomic mass is 9.74. The first-order chi connectivity index (χ1) is 25.6. The van der Waals surface area contributed by atoms with Crippen LogP contribution in [0.2, 0.25) is 0 Å². The second-order valence-corrected chi connectivity index (χ2v) is 14.0. The molecule has 3 atom stereocenters. The highest BCUT2D eigenvalue weighted by molar-refractivity contribution is 6.13. The van der Waals surface area contributed by atoms with E-state index in [2.05, 4.69) is 96.0 Å². The summed E-state index contributed by atoms with van der Waals surface area (Å²) in [6.07, 6.45) is 2.64. The van der Waals surface area contributed by atoms with E-state index >= 15 is 0 Å². The molecule has 1 saturated carbocycles. The van der Waals surface area contributed by atoms with Crippen molar-refractivity contribution >= 4 is 23.5 Å². The monoisotopic (exact) mass is 695 g/mol. The fraction of sp³-hybridized carbons (Fsp3) is 0.349. The van der Waals surface area contributed by atoms with Gasteiger partial charge in [0.2, 0.25) is 0 Å². The van der Waals surface area contributed by atoms with Crippen LogP contribution in [-0.2, 0) is 26.4 Å². The molecule has 0 bridgehead atoms. The normalized spacial score (nSPS) is 21.6. The molecule has 0 N–H and O–H groups in total. The molecule has 1 amide bonds. The van der Waals surface area contributed by atoms with Crippen molar-refractivity contribution in [2.45, 2.75) is 56.8 Å². The largest absolute Gasteiger partial charge is 0.464 e. The second-order valence-electron chi connectivity index (χ2n) is 14.0. The highest BCUT2D eigenvalue weighted by Crippen LogP contribution is 2.48. The molecule has 3 unspecified atom stereocenters. The lowest BCUT2D eigenvalue weighted by Gasteiger charge is -2.42. The molecule has 52 heavy (non-hydrogen) atoms. The van der Waals surface area contributed by atoms with Crippen LogP contribution in [0.3, 0.4) is 0 Å². The van der Waals surface area contributed by atoms with E-state index in [1.54, 1.807) is 4.90 Å². The van der Waals surface area contributed by atoms with Crippen LogP contribution in [0.15, 0.2) is 132 Å². The van der Waals surface area contributed by atoms with Gasteiger partial charge in [-0.3, -0.25) is 10.0 Å². The Morgan fingerprint density at radius 1 is 0.731 bits per heavy atom. The van der Waals surface area contributed by atoms with E-state index in [0.29, 0.717) is 39.1 Å². The van der Waals surface area contributed by atoms with Gasteiger partial charge in [0.15, 0.2) is 6.04 Å². The van der Waals surface area contributed by atoms with E-state index in [1.165, 1.54) is 0 Å². The number of amides is 1. The minimum atomic E-state index is -0.676. The fourth-order valence-electron chi connectivity index (χ4n) is 8.71. The Morgan fingerprint density at radius 3 is 1.85 bits per heavy atom. The van der Waals surface area contributed by atoms with Crippen molar-refractivity contribution in [3.05, 3.63) is 144 Å². The summed E-state index contributed by atoms with van der Waals surface area (Å²) >= 11 is 0. The summed E-state index contributed by atoms with van der Waals surface area (Å²) in [7, 11) is 0. The molecule has 4 aromatic carbocycles. The van der Waals surface area contributed by atoms with Gasteiger partial charge in [-0.05, 0) is 54.9 Å². The maximum atomic E-state index is 13.8. The average Bonchev–Trinajstić information content (AvgIpc) is 3.82. The van der Waals surface area contributed by atoms with E-state index in [-0.39, 0.29) is 36.5 Å². The number of hydrogen-bond donors (Lipinski definition) is 0. The summed E-state index contributed by atoms with van der Waals surface area (Å²) in [5.74, 6) is -0.306. The maximum Gasteiger partial charge on any atom is 0.410 e. The number of carbonyl (C=O) groups is 2. The number of ether oxygens (including phenoxy) is 2. The summed E-state index contributed by atoms with van der Waals surface area (Å²) in [5, 5.41) is 15.1. The van der Waals surface area contributed by atoms with Crippen molar-refractivity contribution in [2.75, 3.05) is 26.2 Å². The van der Waals surface area contributed by atoms with Crippen LogP contribution >= 0.6 is 0 Å². The van der Waals surface area contributed by atoms with Gasteiger partial charge in [-0.25, -0.2) is 9.59 Å². The molecular weight excluding hydrogens is 651 g/mol. The third-order valence-corrected chi connectivity index (χ3v) is 11.1. The molecule has 3 aliphatic heterocycles. The van der Waals surface area contributed by atoms with Gasteiger partial charge in [-0.2, -0.15) is 10.2 Å². The maximum absolute atomic E-state index is 13.8. The standard InChI is InChI=1S/C43H45N5O4/c1-2-51-41(49)40-36-23-24-38-37(39(36)45-48(40)35-25-27-46(28-26-35)42(50)52-30-31-15-7-3-8-16-31)29-47(44-38)43(32-17-9-4-10-18-32,33-19-11-5-12-20-33)34-21-13-6-14-22-34/h3-22,35-37,40H,2,23-30H2,1H3. The molecule has 4 aliphatic rings. The summed E-state index contributed by atoms with van der Waals surface area (Å²) in [5.41, 5.74) is 5.84. The van der Waals surface area contributed by atoms with Crippen LogP contribution in [0.5, 0.6) is 0 Å². The zero-order valence-electron chi connectivity index (χ0n) is 29.6. The van der Waals surface area contributed by atoms with E-state index < -0.39 is 11.6 Å². The van der Waals surface area contributed by atoms with Gasteiger partial charge in [-0.1, -0.05) is 121 Å². The van der Waals surface area contributed by atoms with Crippen molar-refractivity contribution in [1.29, 1.82) is 0 Å². The molecule has 266 valence electrons. The molecule has 8 rings (SSSR count). The Morgan fingerprint density at radius 2 is 1.29 bits per heavy atom. The van der Waals surface area contributed by atoms with Crippen molar-refractivity contribution in [1.82, 2.24) is 14.9 Å². The third-order valence-electron chi connectivity index (χ3n) is 11.1. The molecule has 2 fully saturated rings. The minimum Gasteiger partial charge on any atom is -0.464 e. The van der Waals surface area contributed by atoms with Crippen LogP contribution in [0.25, 0.3) is 0 Å². The molecule has 9 nitrogen and oxygen atoms in total. The first-order valence-electron chi connectivity index (χ1n) is 18.6. The van der Waals surface area contributed by atoms with Crippen LogP contribution in [-0.4, -0.2) is 76.7 Å². The predicted molar refractivity (Wildman–Crippen MR) is 200 cm³/mol. The summed E-state index contributed by atoms with van der Waals surface area (Å²) in [6.45, 7) is 4.13. The molecular formula is C43H45N5O4. The molecule has 1 saturated heterocycles. The van der Waals surface area contributed by atoms with Gasteiger partial charge < -0.3 is 14.4 Å². The van der Waals surface area contributed by atoms with Crippen molar-refractivity contribution in [2.24, 2.45) is 22.0 Å². The molecule has 4 aromatic rings. The first kappa shape index (κ1) is 33.7. The molecule has 9 heteroatoms. The highest BCUT2D eigenvalue weighted by atomic mass is 16.6. The second kappa shape index (κ2) is 14.7. The van der Waals surface area contributed by atoms with Crippen LogP contribution < -0.4 is 0 Å². The molecule has 0 radical (unpaired) electrons. The molecule has 3 heterocycles.